The van der Waals surface area contributed by atoms with Crippen LogP contribution < -0.4 is 15.2 Å². The molecule has 0 spiro atoms. The topological polar surface area (TPSA) is 142 Å². The average Bonchev–Trinajstić information content (AvgIpc) is 3.16. The van der Waals surface area contributed by atoms with Crippen LogP contribution in [0, 0.1) is 0 Å². The second-order valence-corrected chi connectivity index (χ2v) is 7.18. The number of methoxy groups -OCH3 is 1. The van der Waals surface area contributed by atoms with E-state index in [-0.39, 0.29) is 22.8 Å². The highest BCUT2D eigenvalue weighted by Gasteiger charge is 2.19. The van der Waals surface area contributed by atoms with Crippen LogP contribution in [0.1, 0.15) is 16.1 Å². The van der Waals surface area contributed by atoms with E-state index in [9.17, 15) is 13.2 Å². The minimum Gasteiger partial charge on any atom is -0.496 e. The van der Waals surface area contributed by atoms with E-state index < -0.39 is 15.9 Å². The fourth-order valence-electron chi connectivity index (χ4n) is 2.29. The van der Waals surface area contributed by atoms with Gasteiger partial charge in [0.25, 0.3) is 5.91 Å². The van der Waals surface area contributed by atoms with Gasteiger partial charge in [-0.05, 0) is 30.3 Å². The van der Waals surface area contributed by atoms with Crippen LogP contribution >= 0.6 is 0 Å². The van der Waals surface area contributed by atoms with E-state index in [1.807, 2.05) is 0 Å². The summed E-state index contributed by atoms with van der Waals surface area (Å²) in [5.74, 6) is -0.593. The number of carbonyl (C=O) groups is 1. The number of amides is 1. The van der Waals surface area contributed by atoms with Crippen LogP contribution in [0.3, 0.4) is 0 Å². The number of nitrogens with one attached hydrogen (secondary N) is 1. The van der Waals surface area contributed by atoms with Crippen LogP contribution in [0.5, 0.6) is 5.75 Å². The third-order valence-corrected chi connectivity index (χ3v) is 5.04. The van der Waals surface area contributed by atoms with Gasteiger partial charge in [-0.2, -0.15) is 0 Å². The van der Waals surface area contributed by atoms with E-state index in [0.29, 0.717) is 11.4 Å². The maximum atomic E-state index is 12.5. The number of hydrogen-bond acceptors (Lipinski definition) is 7. The average molecular weight is 388 g/mol. The monoisotopic (exact) mass is 388 g/mol. The molecule has 0 radical (unpaired) electrons. The zero-order chi connectivity index (χ0) is 19.4. The number of benzene rings is 1. The van der Waals surface area contributed by atoms with Gasteiger partial charge in [0.15, 0.2) is 0 Å². The van der Waals surface area contributed by atoms with Gasteiger partial charge in [-0.15, -0.1) is 5.10 Å². The van der Waals surface area contributed by atoms with E-state index in [2.05, 4.69) is 20.0 Å². The molecule has 0 unspecified atom stereocenters. The Balaban J connectivity index is 1.77. The summed E-state index contributed by atoms with van der Waals surface area (Å²) in [6.45, 7) is -0.0828. The van der Waals surface area contributed by atoms with Crippen LogP contribution in [0.25, 0.3) is 5.69 Å². The minimum absolute atomic E-state index is 0.0251. The first-order chi connectivity index (χ1) is 12.9. The predicted octanol–water partition coefficient (Wildman–Crippen LogP) is 0.248. The van der Waals surface area contributed by atoms with Crippen LogP contribution in [0.15, 0.2) is 53.8 Å². The molecule has 3 N–H and O–H groups in total. The van der Waals surface area contributed by atoms with Crippen molar-refractivity contribution in [3.63, 3.8) is 0 Å². The van der Waals surface area contributed by atoms with Crippen molar-refractivity contribution in [1.82, 2.24) is 24.7 Å². The molecule has 0 aliphatic heterocycles. The standard InChI is InChI=1S/C16H16N6O4S/c1-26-15-5-4-13(7-14(15)16(17)23)27(24,25)19-8-11-10-22(21-20-11)12-3-2-6-18-9-12/h2-7,9-10,19H,8H2,1H3,(H2,17,23). The zero-order valence-electron chi connectivity index (χ0n) is 14.2. The summed E-state index contributed by atoms with van der Waals surface area (Å²) in [5.41, 5.74) is 6.34. The summed E-state index contributed by atoms with van der Waals surface area (Å²) in [4.78, 5) is 15.3. The van der Waals surface area contributed by atoms with Crippen molar-refractivity contribution in [3.8, 4) is 11.4 Å². The summed E-state index contributed by atoms with van der Waals surface area (Å²) in [6.07, 6.45) is 4.82. The molecule has 0 bridgehead atoms. The smallest absolute Gasteiger partial charge is 0.252 e. The number of aromatic nitrogens is 4. The first-order valence-corrected chi connectivity index (χ1v) is 9.18. The second kappa shape index (κ2) is 7.51. The minimum atomic E-state index is -3.90. The normalized spacial score (nSPS) is 11.3. The Morgan fingerprint density at radius 2 is 2.15 bits per heavy atom. The Kier molecular flexibility index (Phi) is 5.14. The molecule has 0 fully saturated rings. The number of nitrogens with zero attached hydrogens (tertiary/aromatic N) is 4. The van der Waals surface area contributed by atoms with E-state index >= 15 is 0 Å². The Morgan fingerprint density at radius 3 is 2.81 bits per heavy atom. The first-order valence-electron chi connectivity index (χ1n) is 7.70. The highest BCUT2D eigenvalue weighted by atomic mass is 32.2. The molecule has 0 aliphatic rings. The van der Waals surface area contributed by atoms with Crippen LogP contribution in [0.2, 0.25) is 0 Å². The molecule has 0 saturated carbocycles. The number of ether oxygens (including phenoxy) is 1. The molecule has 0 atom stereocenters. The SMILES string of the molecule is COc1ccc(S(=O)(=O)NCc2cn(-c3cccnc3)nn2)cc1C(N)=O. The summed E-state index contributed by atoms with van der Waals surface area (Å²) >= 11 is 0. The fraction of sp³-hybridized carbons (Fsp3) is 0.125. The molecule has 2 heterocycles. The van der Waals surface area contributed by atoms with E-state index in [1.54, 1.807) is 30.7 Å². The molecule has 3 rings (SSSR count). The van der Waals surface area contributed by atoms with Gasteiger partial charge < -0.3 is 10.5 Å². The van der Waals surface area contributed by atoms with Gasteiger partial charge in [-0.25, -0.2) is 17.8 Å². The van der Waals surface area contributed by atoms with Crippen LogP contribution in [0.4, 0.5) is 0 Å². The van der Waals surface area contributed by atoms with Crippen molar-refractivity contribution >= 4 is 15.9 Å². The Bertz CT molecular complexity index is 1070. The Morgan fingerprint density at radius 1 is 1.33 bits per heavy atom. The molecule has 1 aromatic carbocycles. The van der Waals surface area contributed by atoms with Crippen LogP contribution in [-0.4, -0.2) is 41.4 Å². The number of carbonyl (C=O) groups excluding carboxylic acids is 1. The number of sulfonamides is 1. The summed E-state index contributed by atoms with van der Waals surface area (Å²) in [7, 11) is -2.54. The molecule has 0 aliphatic carbocycles. The van der Waals surface area contributed by atoms with E-state index in [4.69, 9.17) is 10.5 Å². The first kappa shape index (κ1) is 18.5. The molecule has 1 amide bonds. The molecule has 3 aromatic rings. The number of nitrogens with two attached hydrogens (primary N) is 1. The van der Waals surface area contributed by atoms with Crippen molar-refractivity contribution in [1.29, 1.82) is 0 Å². The van der Waals surface area contributed by atoms with Crippen molar-refractivity contribution in [3.05, 3.63) is 60.2 Å². The van der Waals surface area contributed by atoms with Gasteiger partial charge in [-0.1, -0.05) is 5.21 Å². The molecule has 10 nitrogen and oxygen atoms in total. The lowest BCUT2D eigenvalue weighted by Crippen LogP contribution is -2.24. The summed E-state index contributed by atoms with van der Waals surface area (Å²) in [6, 6.07) is 7.39. The number of rotatable bonds is 7. The predicted molar refractivity (Wildman–Crippen MR) is 94.7 cm³/mol. The number of hydrogen-bond donors (Lipinski definition) is 2. The molecule has 2 aromatic heterocycles. The van der Waals surface area contributed by atoms with Crippen molar-refractivity contribution in [2.75, 3.05) is 7.11 Å². The van der Waals surface area contributed by atoms with Gasteiger partial charge in [0, 0.05) is 6.20 Å². The molecular weight excluding hydrogens is 372 g/mol. The van der Waals surface area contributed by atoms with Crippen molar-refractivity contribution in [2.45, 2.75) is 11.4 Å². The lowest BCUT2D eigenvalue weighted by Gasteiger charge is -2.09. The molecule has 27 heavy (non-hydrogen) atoms. The summed E-state index contributed by atoms with van der Waals surface area (Å²) < 4.78 is 33.9. The van der Waals surface area contributed by atoms with E-state index in [0.717, 1.165) is 6.07 Å². The van der Waals surface area contributed by atoms with Gasteiger partial charge in [0.05, 0.1) is 47.9 Å². The maximum Gasteiger partial charge on any atom is 0.252 e. The van der Waals surface area contributed by atoms with Gasteiger partial charge in [-0.3, -0.25) is 9.78 Å². The largest absolute Gasteiger partial charge is 0.496 e. The molecular formula is C16H16N6O4S. The third kappa shape index (κ3) is 4.10. The van der Waals surface area contributed by atoms with Gasteiger partial charge >= 0.3 is 0 Å². The lowest BCUT2D eigenvalue weighted by atomic mass is 10.2. The molecule has 0 saturated heterocycles. The number of pyridine rings is 1. The molecule has 140 valence electrons. The lowest BCUT2D eigenvalue weighted by molar-refractivity contribution is 0.0997. The highest BCUT2D eigenvalue weighted by molar-refractivity contribution is 7.89. The number of primary amides is 1. The Labute approximate surface area is 155 Å². The highest BCUT2D eigenvalue weighted by Crippen LogP contribution is 2.22. The van der Waals surface area contributed by atoms with Crippen LogP contribution in [-0.2, 0) is 16.6 Å². The Hall–Kier alpha value is -3.31. The fourth-order valence-corrected chi connectivity index (χ4v) is 3.32. The van der Waals surface area contributed by atoms with Crippen molar-refractivity contribution in [2.24, 2.45) is 5.73 Å². The second-order valence-electron chi connectivity index (χ2n) is 5.42. The van der Waals surface area contributed by atoms with Gasteiger partial charge in [0.2, 0.25) is 10.0 Å². The third-order valence-electron chi connectivity index (χ3n) is 3.64. The zero-order valence-corrected chi connectivity index (χ0v) is 15.0. The van der Waals surface area contributed by atoms with Crippen molar-refractivity contribution < 1.29 is 17.9 Å². The summed E-state index contributed by atoms with van der Waals surface area (Å²) in [5, 5.41) is 7.86. The van der Waals surface area contributed by atoms with Gasteiger partial charge in [0.1, 0.15) is 5.75 Å². The molecule has 11 heteroatoms. The van der Waals surface area contributed by atoms with E-state index in [1.165, 1.54) is 23.9 Å². The maximum absolute atomic E-state index is 12.5. The quantitative estimate of drug-likeness (QED) is 0.590.